The minimum atomic E-state index is -0.301. The van der Waals surface area contributed by atoms with Crippen molar-refractivity contribution in [3.05, 3.63) is 40.5 Å². The standard InChI is InChI=1S/C15H14FN3S/c1-8-4-5-12(16)10(6-8)14-18-13(17-3)11-7-9(2)20-15(11)19-14/h4-7H,1-3H3,(H,17,18,19). The minimum Gasteiger partial charge on any atom is -0.372 e. The molecule has 0 aliphatic rings. The summed E-state index contributed by atoms with van der Waals surface area (Å²) in [5, 5.41) is 4.04. The number of rotatable bonds is 2. The molecule has 0 spiro atoms. The Morgan fingerprint density at radius 1 is 1.15 bits per heavy atom. The summed E-state index contributed by atoms with van der Waals surface area (Å²) in [5.41, 5.74) is 1.42. The van der Waals surface area contributed by atoms with E-state index < -0.39 is 0 Å². The highest BCUT2D eigenvalue weighted by atomic mass is 32.1. The zero-order valence-corrected chi connectivity index (χ0v) is 12.3. The fourth-order valence-electron chi connectivity index (χ4n) is 2.16. The van der Waals surface area contributed by atoms with Gasteiger partial charge in [0.2, 0.25) is 0 Å². The lowest BCUT2D eigenvalue weighted by Gasteiger charge is -2.07. The van der Waals surface area contributed by atoms with Crippen molar-refractivity contribution in [2.45, 2.75) is 13.8 Å². The Bertz CT molecular complexity index is 795. The van der Waals surface area contributed by atoms with Crippen LogP contribution >= 0.6 is 11.3 Å². The second kappa shape index (κ2) is 4.83. The summed E-state index contributed by atoms with van der Waals surface area (Å²) in [6.45, 7) is 3.95. The number of nitrogens with one attached hydrogen (secondary N) is 1. The predicted octanol–water partition coefficient (Wildman–Crippen LogP) is 4.16. The van der Waals surface area contributed by atoms with Crippen LogP contribution in [0, 0.1) is 19.7 Å². The third kappa shape index (κ3) is 2.14. The normalized spacial score (nSPS) is 11.0. The van der Waals surface area contributed by atoms with Gasteiger partial charge in [-0.3, -0.25) is 0 Å². The number of anilines is 1. The van der Waals surface area contributed by atoms with Gasteiger partial charge in [-0.05, 0) is 32.0 Å². The monoisotopic (exact) mass is 287 g/mol. The van der Waals surface area contributed by atoms with Gasteiger partial charge in [0.15, 0.2) is 5.82 Å². The first-order valence-electron chi connectivity index (χ1n) is 6.31. The van der Waals surface area contributed by atoms with E-state index in [2.05, 4.69) is 15.3 Å². The van der Waals surface area contributed by atoms with E-state index in [1.165, 1.54) is 6.07 Å². The molecule has 0 aliphatic carbocycles. The maximum Gasteiger partial charge on any atom is 0.166 e. The summed E-state index contributed by atoms with van der Waals surface area (Å²) < 4.78 is 14.0. The first kappa shape index (κ1) is 13.0. The number of nitrogens with zero attached hydrogens (tertiary/aromatic N) is 2. The molecule has 3 nitrogen and oxygen atoms in total. The van der Waals surface area contributed by atoms with Crippen molar-refractivity contribution in [3.8, 4) is 11.4 Å². The predicted molar refractivity (Wildman–Crippen MR) is 81.8 cm³/mol. The lowest BCUT2D eigenvalue weighted by Crippen LogP contribution is -1.98. The quantitative estimate of drug-likeness (QED) is 0.769. The Morgan fingerprint density at radius 3 is 2.70 bits per heavy atom. The summed E-state index contributed by atoms with van der Waals surface area (Å²) in [4.78, 5) is 11.0. The van der Waals surface area contributed by atoms with Gasteiger partial charge in [0, 0.05) is 11.9 Å². The van der Waals surface area contributed by atoms with E-state index in [0.29, 0.717) is 11.4 Å². The van der Waals surface area contributed by atoms with Crippen LogP contribution in [0.3, 0.4) is 0 Å². The molecule has 3 rings (SSSR count). The number of aromatic nitrogens is 2. The number of fused-ring (bicyclic) bond motifs is 1. The molecule has 20 heavy (non-hydrogen) atoms. The average Bonchev–Trinajstić information content (AvgIpc) is 2.80. The highest BCUT2D eigenvalue weighted by molar-refractivity contribution is 7.18. The van der Waals surface area contributed by atoms with Gasteiger partial charge < -0.3 is 5.32 Å². The number of aryl methyl sites for hydroxylation is 2. The van der Waals surface area contributed by atoms with Gasteiger partial charge in [0.05, 0.1) is 10.9 Å². The van der Waals surface area contributed by atoms with Gasteiger partial charge in [0.1, 0.15) is 16.5 Å². The summed E-state index contributed by atoms with van der Waals surface area (Å²) in [7, 11) is 1.81. The first-order valence-corrected chi connectivity index (χ1v) is 7.12. The summed E-state index contributed by atoms with van der Waals surface area (Å²) in [6.07, 6.45) is 0. The van der Waals surface area contributed by atoms with Crippen LogP contribution in [0.1, 0.15) is 10.4 Å². The van der Waals surface area contributed by atoms with Crippen LogP contribution in [-0.2, 0) is 0 Å². The summed E-state index contributed by atoms with van der Waals surface area (Å²) in [5.74, 6) is 0.852. The van der Waals surface area contributed by atoms with Crippen molar-refractivity contribution in [3.63, 3.8) is 0 Å². The maximum absolute atomic E-state index is 14.0. The third-order valence-electron chi connectivity index (χ3n) is 3.12. The van der Waals surface area contributed by atoms with Crippen LogP contribution in [0.4, 0.5) is 10.2 Å². The van der Waals surface area contributed by atoms with Gasteiger partial charge in [-0.2, -0.15) is 0 Å². The zero-order chi connectivity index (χ0) is 14.3. The van der Waals surface area contributed by atoms with Crippen molar-refractivity contribution in [2.24, 2.45) is 0 Å². The largest absolute Gasteiger partial charge is 0.372 e. The Hall–Kier alpha value is -2.01. The van der Waals surface area contributed by atoms with E-state index in [4.69, 9.17) is 0 Å². The molecular weight excluding hydrogens is 273 g/mol. The van der Waals surface area contributed by atoms with E-state index in [1.54, 1.807) is 23.5 Å². The molecule has 0 amide bonds. The van der Waals surface area contributed by atoms with Crippen molar-refractivity contribution in [2.75, 3.05) is 12.4 Å². The van der Waals surface area contributed by atoms with E-state index in [9.17, 15) is 4.39 Å². The van der Waals surface area contributed by atoms with Crippen molar-refractivity contribution in [1.82, 2.24) is 9.97 Å². The fourth-order valence-corrected chi connectivity index (χ4v) is 3.04. The van der Waals surface area contributed by atoms with Crippen LogP contribution in [0.25, 0.3) is 21.6 Å². The highest BCUT2D eigenvalue weighted by Crippen LogP contribution is 2.31. The Labute approximate surface area is 120 Å². The number of thiophene rings is 1. The Kier molecular flexibility index (Phi) is 3.14. The molecule has 0 bridgehead atoms. The second-order valence-electron chi connectivity index (χ2n) is 4.70. The molecule has 2 heterocycles. The number of hydrogen-bond donors (Lipinski definition) is 1. The van der Waals surface area contributed by atoms with Crippen LogP contribution in [0.15, 0.2) is 24.3 Å². The minimum absolute atomic E-state index is 0.301. The third-order valence-corrected chi connectivity index (χ3v) is 4.06. The van der Waals surface area contributed by atoms with Crippen molar-refractivity contribution in [1.29, 1.82) is 0 Å². The smallest absolute Gasteiger partial charge is 0.166 e. The van der Waals surface area contributed by atoms with E-state index >= 15 is 0 Å². The van der Waals surface area contributed by atoms with E-state index in [1.807, 2.05) is 27.0 Å². The number of benzene rings is 1. The molecule has 3 aromatic rings. The summed E-state index contributed by atoms with van der Waals surface area (Å²) in [6, 6.07) is 7.02. The fraction of sp³-hybridized carbons (Fsp3) is 0.200. The molecule has 0 saturated carbocycles. The maximum atomic E-state index is 14.0. The molecular formula is C15H14FN3S. The van der Waals surface area contributed by atoms with Gasteiger partial charge in [-0.25, -0.2) is 14.4 Å². The molecule has 0 fully saturated rings. The average molecular weight is 287 g/mol. The van der Waals surface area contributed by atoms with Crippen LogP contribution < -0.4 is 5.32 Å². The molecule has 0 unspecified atom stereocenters. The van der Waals surface area contributed by atoms with E-state index in [0.717, 1.165) is 26.5 Å². The van der Waals surface area contributed by atoms with E-state index in [-0.39, 0.29) is 5.82 Å². The van der Waals surface area contributed by atoms with Crippen LogP contribution in [0.2, 0.25) is 0 Å². The topological polar surface area (TPSA) is 37.8 Å². The van der Waals surface area contributed by atoms with Gasteiger partial charge in [0.25, 0.3) is 0 Å². The molecule has 0 saturated heterocycles. The summed E-state index contributed by atoms with van der Waals surface area (Å²) >= 11 is 1.59. The molecule has 0 aliphatic heterocycles. The molecule has 2 aromatic heterocycles. The van der Waals surface area contributed by atoms with Gasteiger partial charge >= 0.3 is 0 Å². The lowest BCUT2D eigenvalue weighted by molar-refractivity contribution is 0.629. The van der Waals surface area contributed by atoms with Crippen LogP contribution in [-0.4, -0.2) is 17.0 Å². The zero-order valence-electron chi connectivity index (χ0n) is 11.5. The molecule has 5 heteroatoms. The SMILES string of the molecule is CNc1nc(-c2cc(C)ccc2F)nc2sc(C)cc12. The Morgan fingerprint density at radius 2 is 1.95 bits per heavy atom. The van der Waals surface area contributed by atoms with Crippen LogP contribution in [0.5, 0.6) is 0 Å². The van der Waals surface area contributed by atoms with Crippen molar-refractivity contribution >= 4 is 27.4 Å². The highest BCUT2D eigenvalue weighted by Gasteiger charge is 2.14. The number of halogens is 1. The first-order chi connectivity index (χ1) is 9.58. The molecule has 0 radical (unpaired) electrons. The Balaban J connectivity index is 2.28. The molecule has 1 N–H and O–H groups in total. The molecule has 0 atom stereocenters. The number of hydrogen-bond acceptors (Lipinski definition) is 4. The van der Waals surface area contributed by atoms with Gasteiger partial charge in [-0.15, -0.1) is 11.3 Å². The molecule has 1 aromatic carbocycles. The lowest BCUT2D eigenvalue weighted by atomic mass is 10.1. The molecule has 102 valence electrons. The second-order valence-corrected chi connectivity index (χ2v) is 5.94. The van der Waals surface area contributed by atoms with Gasteiger partial charge in [-0.1, -0.05) is 11.6 Å². The van der Waals surface area contributed by atoms with Crippen molar-refractivity contribution < 1.29 is 4.39 Å².